The smallest absolute Gasteiger partial charge is 0.407 e. The number of rotatable bonds is 3. The van der Waals surface area contributed by atoms with Crippen molar-refractivity contribution < 1.29 is 13.9 Å². The summed E-state index contributed by atoms with van der Waals surface area (Å²) in [5.41, 5.74) is 4.27. The second-order valence-electron chi connectivity index (χ2n) is 9.07. The van der Waals surface area contributed by atoms with Crippen molar-refractivity contribution in [3.05, 3.63) is 70.7 Å². The lowest BCUT2D eigenvalue weighted by Gasteiger charge is -2.27. The topological polar surface area (TPSA) is 67.0 Å². The average Bonchev–Trinajstić information content (AvgIpc) is 2.99. The Kier molecular flexibility index (Phi) is 5.45. The van der Waals surface area contributed by atoms with Gasteiger partial charge in [0, 0.05) is 29.2 Å². The predicted octanol–water partition coefficient (Wildman–Crippen LogP) is 5.08. The van der Waals surface area contributed by atoms with Gasteiger partial charge in [-0.25, -0.2) is 9.18 Å². The summed E-state index contributed by atoms with van der Waals surface area (Å²) in [6, 6.07) is 14.5. The standard InChI is InChI=1S/C25H26FN3O2/c1-25(2,3)31-24(30)28-19-8-10-23-21(13-19)20-12-16(14-27)7-9-22(20)29(23)15-17-5-4-6-18(26)11-17/h4-7,9,11-12,19H,8,10,13,15H2,1-3H3,(H,28,30). The third kappa shape index (κ3) is 4.56. The molecule has 0 saturated heterocycles. The Hall–Kier alpha value is -3.33. The SMILES string of the molecule is CC(C)(C)OC(=O)NC1CCc2c(c3cc(C#N)ccc3n2Cc2cccc(F)c2)C1. The Morgan fingerprint density at radius 1 is 1.29 bits per heavy atom. The first kappa shape index (κ1) is 20.9. The predicted molar refractivity (Wildman–Crippen MR) is 117 cm³/mol. The first-order valence-electron chi connectivity index (χ1n) is 10.5. The molecule has 1 aromatic heterocycles. The molecule has 0 bridgehead atoms. The number of halogens is 1. The van der Waals surface area contributed by atoms with Crippen LogP contribution >= 0.6 is 0 Å². The number of hydrogen-bond acceptors (Lipinski definition) is 3. The molecule has 1 amide bonds. The van der Waals surface area contributed by atoms with Crippen molar-refractivity contribution in [3.63, 3.8) is 0 Å². The second-order valence-corrected chi connectivity index (χ2v) is 9.07. The highest BCUT2D eigenvalue weighted by Gasteiger charge is 2.28. The fourth-order valence-corrected chi connectivity index (χ4v) is 4.32. The summed E-state index contributed by atoms with van der Waals surface area (Å²) in [6.45, 7) is 6.08. The van der Waals surface area contributed by atoms with Crippen LogP contribution in [0.3, 0.4) is 0 Å². The molecule has 2 aromatic carbocycles. The van der Waals surface area contributed by atoms with Crippen LogP contribution in [0.15, 0.2) is 42.5 Å². The summed E-state index contributed by atoms with van der Waals surface area (Å²) in [4.78, 5) is 12.3. The van der Waals surface area contributed by atoms with Gasteiger partial charge in [0.1, 0.15) is 11.4 Å². The minimum absolute atomic E-state index is 0.0405. The highest BCUT2D eigenvalue weighted by Crippen LogP contribution is 2.34. The number of carbonyl (C=O) groups is 1. The third-order valence-electron chi connectivity index (χ3n) is 5.55. The molecule has 6 heteroatoms. The summed E-state index contributed by atoms with van der Waals surface area (Å²) in [7, 11) is 0. The first-order chi connectivity index (χ1) is 14.7. The lowest BCUT2D eigenvalue weighted by Crippen LogP contribution is -2.42. The number of amides is 1. The number of nitriles is 1. The van der Waals surface area contributed by atoms with E-state index in [-0.39, 0.29) is 11.9 Å². The van der Waals surface area contributed by atoms with Crippen LogP contribution in [-0.2, 0) is 24.1 Å². The van der Waals surface area contributed by atoms with Crippen molar-refractivity contribution in [3.8, 4) is 6.07 Å². The van der Waals surface area contributed by atoms with Crippen LogP contribution in [0.2, 0.25) is 0 Å². The highest BCUT2D eigenvalue weighted by molar-refractivity contribution is 5.87. The maximum Gasteiger partial charge on any atom is 0.407 e. The van der Waals surface area contributed by atoms with Gasteiger partial charge >= 0.3 is 6.09 Å². The fraction of sp³-hybridized carbons (Fsp3) is 0.360. The molecule has 0 spiro atoms. The Labute approximate surface area is 181 Å². The number of fused-ring (bicyclic) bond motifs is 3. The van der Waals surface area contributed by atoms with Crippen molar-refractivity contribution in [1.82, 2.24) is 9.88 Å². The number of ether oxygens (including phenoxy) is 1. The average molecular weight is 420 g/mol. The van der Waals surface area contributed by atoms with Crippen molar-refractivity contribution in [2.45, 2.75) is 58.2 Å². The minimum atomic E-state index is -0.549. The van der Waals surface area contributed by atoms with E-state index in [1.54, 1.807) is 12.1 Å². The molecule has 0 fully saturated rings. The fourth-order valence-electron chi connectivity index (χ4n) is 4.32. The number of carbonyl (C=O) groups excluding carboxylic acids is 1. The molecule has 0 radical (unpaired) electrons. The van der Waals surface area contributed by atoms with E-state index in [0.29, 0.717) is 18.5 Å². The summed E-state index contributed by atoms with van der Waals surface area (Å²) in [5, 5.41) is 13.4. The summed E-state index contributed by atoms with van der Waals surface area (Å²) >= 11 is 0. The monoisotopic (exact) mass is 419 g/mol. The van der Waals surface area contributed by atoms with E-state index in [4.69, 9.17) is 4.74 Å². The quantitative estimate of drug-likeness (QED) is 0.644. The second kappa shape index (κ2) is 8.07. The molecule has 1 atom stereocenters. The molecular formula is C25H26FN3O2. The molecule has 0 saturated carbocycles. The van der Waals surface area contributed by atoms with Gasteiger partial charge < -0.3 is 14.6 Å². The van der Waals surface area contributed by atoms with E-state index in [0.717, 1.165) is 34.9 Å². The van der Waals surface area contributed by atoms with E-state index in [2.05, 4.69) is 16.0 Å². The molecule has 0 aliphatic heterocycles. The number of hydrogen-bond donors (Lipinski definition) is 1. The number of aromatic nitrogens is 1. The zero-order valence-electron chi connectivity index (χ0n) is 18.0. The van der Waals surface area contributed by atoms with Crippen molar-refractivity contribution >= 4 is 17.0 Å². The summed E-state index contributed by atoms with van der Waals surface area (Å²) in [5.74, 6) is -0.253. The first-order valence-corrected chi connectivity index (χ1v) is 10.5. The van der Waals surface area contributed by atoms with E-state index in [1.165, 1.54) is 11.8 Å². The van der Waals surface area contributed by atoms with Crippen LogP contribution in [0, 0.1) is 17.1 Å². The van der Waals surface area contributed by atoms with Gasteiger partial charge in [0.15, 0.2) is 0 Å². The molecule has 1 N–H and O–H groups in total. The van der Waals surface area contributed by atoms with Crippen LogP contribution in [-0.4, -0.2) is 22.3 Å². The summed E-state index contributed by atoms with van der Waals surface area (Å²) < 4.78 is 21.4. The van der Waals surface area contributed by atoms with Crippen LogP contribution in [0.25, 0.3) is 10.9 Å². The lowest BCUT2D eigenvalue weighted by atomic mass is 9.91. The van der Waals surface area contributed by atoms with Gasteiger partial charge in [-0.05, 0) is 81.5 Å². The number of nitrogens with zero attached hydrogens (tertiary/aromatic N) is 2. The van der Waals surface area contributed by atoms with E-state index >= 15 is 0 Å². The van der Waals surface area contributed by atoms with Crippen molar-refractivity contribution in [1.29, 1.82) is 5.26 Å². The summed E-state index contributed by atoms with van der Waals surface area (Å²) in [6.07, 6.45) is 1.82. The number of nitrogens with one attached hydrogen (secondary N) is 1. The van der Waals surface area contributed by atoms with Gasteiger partial charge in [-0.3, -0.25) is 0 Å². The maximum atomic E-state index is 13.7. The number of alkyl carbamates (subject to hydrolysis) is 1. The van der Waals surface area contributed by atoms with E-state index in [9.17, 15) is 14.4 Å². The largest absolute Gasteiger partial charge is 0.444 e. The van der Waals surface area contributed by atoms with Crippen molar-refractivity contribution in [2.24, 2.45) is 0 Å². The normalized spacial score (nSPS) is 15.9. The molecule has 1 aliphatic carbocycles. The maximum absolute atomic E-state index is 13.7. The van der Waals surface area contributed by atoms with E-state index < -0.39 is 11.7 Å². The zero-order valence-corrected chi connectivity index (χ0v) is 18.0. The molecule has 3 aromatic rings. The van der Waals surface area contributed by atoms with Gasteiger partial charge in [0.05, 0.1) is 11.6 Å². The Balaban J connectivity index is 1.69. The molecule has 160 valence electrons. The Morgan fingerprint density at radius 3 is 2.81 bits per heavy atom. The molecule has 1 heterocycles. The zero-order chi connectivity index (χ0) is 22.2. The molecular weight excluding hydrogens is 393 g/mol. The number of benzene rings is 2. The van der Waals surface area contributed by atoms with Crippen molar-refractivity contribution in [2.75, 3.05) is 0 Å². The van der Waals surface area contributed by atoms with Gasteiger partial charge in [0.2, 0.25) is 0 Å². The molecule has 1 aliphatic rings. The molecule has 31 heavy (non-hydrogen) atoms. The van der Waals surface area contributed by atoms with Crippen LogP contribution in [0.5, 0.6) is 0 Å². The highest BCUT2D eigenvalue weighted by atomic mass is 19.1. The van der Waals surface area contributed by atoms with Gasteiger partial charge in [-0.1, -0.05) is 12.1 Å². The van der Waals surface area contributed by atoms with Crippen LogP contribution < -0.4 is 5.32 Å². The van der Waals surface area contributed by atoms with Gasteiger partial charge in [-0.2, -0.15) is 5.26 Å². The Bertz CT molecular complexity index is 1180. The molecule has 1 unspecified atom stereocenters. The van der Waals surface area contributed by atoms with Gasteiger partial charge in [-0.15, -0.1) is 0 Å². The molecule has 5 nitrogen and oxygen atoms in total. The van der Waals surface area contributed by atoms with E-state index in [1.807, 2.05) is 45.0 Å². The molecule has 4 rings (SSSR count). The van der Waals surface area contributed by atoms with Gasteiger partial charge in [0.25, 0.3) is 0 Å². The minimum Gasteiger partial charge on any atom is -0.444 e. The van der Waals surface area contributed by atoms with Crippen LogP contribution in [0.1, 0.15) is 49.6 Å². The van der Waals surface area contributed by atoms with Crippen LogP contribution in [0.4, 0.5) is 9.18 Å². The Morgan fingerprint density at radius 2 is 2.10 bits per heavy atom. The lowest BCUT2D eigenvalue weighted by molar-refractivity contribution is 0.0500. The third-order valence-corrected chi connectivity index (χ3v) is 5.55.